The highest BCUT2D eigenvalue weighted by molar-refractivity contribution is 5.79. The normalized spacial score (nSPS) is 11.4. The first kappa shape index (κ1) is 13.4. The average molecular weight is 237 g/mol. The molecule has 0 saturated heterocycles. The number of nitrogens with one attached hydrogen (secondary N) is 2. The molecular formula is C11H19N5O. The Morgan fingerprint density at radius 1 is 1.53 bits per heavy atom. The van der Waals surface area contributed by atoms with E-state index in [0.29, 0.717) is 25.7 Å². The summed E-state index contributed by atoms with van der Waals surface area (Å²) in [5, 5.41) is 3.02. The highest BCUT2D eigenvalue weighted by Gasteiger charge is 1.96. The van der Waals surface area contributed by atoms with Crippen molar-refractivity contribution in [1.29, 1.82) is 0 Å². The second-order valence-electron chi connectivity index (χ2n) is 3.54. The molecule has 0 saturated carbocycles. The lowest BCUT2D eigenvalue weighted by molar-refractivity contribution is 0.203. The molecule has 4 N–H and O–H groups in total. The minimum Gasteiger partial charge on any atom is -0.383 e. The van der Waals surface area contributed by atoms with E-state index in [0.717, 1.165) is 11.3 Å². The Hall–Kier alpha value is -1.66. The van der Waals surface area contributed by atoms with E-state index >= 15 is 0 Å². The summed E-state index contributed by atoms with van der Waals surface area (Å²) in [4.78, 5) is 8.48. The van der Waals surface area contributed by atoms with E-state index in [1.807, 2.05) is 25.3 Å². The highest BCUT2D eigenvalue weighted by atomic mass is 16.5. The summed E-state index contributed by atoms with van der Waals surface area (Å²) < 4.78 is 4.92. The van der Waals surface area contributed by atoms with Crippen LogP contribution in [0.4, 0.5) is 0 Å². The van der Waals surface area contributed by atoms with Crippen LogP contribution >= 0.6 is 0 Å². The van der Waals surface area contributed by atoms with Crippen LogP contribution in [0.25, 0.3) is 0 Å². The topological polar surface area (TPSA) is 84.6 Å². The largest absolute Gasteiger partial charge is 0.383 e. The Bertz CT molecular complexity index is 349. The smallest absolute Gasteiger partial charge is 0.206 e. The molecule has 17 heavy (non-hydrogen) atoms. The Morgan fingerprint density at radius 3 is 2.94 bits per heavy atom. The Kier molecular flexibility index (Phi) is 5.98. The molecule has 0 amide bonds. The summed E-state index contributed by atoms with van der Waals surface area (Å²) in [6.07, 6.45) is 1.81. The molecule has 0 aromatic carbocycles. The fourth-order valence-electron chi connectivity index (χ4n) is 1.19. The van der Waals surface area contributed by atoms with Crippen LogP contribution in [0, 0.1) is 6.92 Å². The maximum atomic E-state index is 5.34. The van der Waals surface area contributed by atoms with Gasteiger partial charge in [0.15, 0.2) is 0 Å². The number of nitrogens with zero attached hydrogens (tertiary/aromatic N) is 2. The summed E-state index contributed by atoms with van der Waals surface area (Å²) in [6, 6.07) is 3.95. The van der Waals surface area contributed by atoms with Crippen molar-refractivity contribution in [3.05, 3.63) is 29.6 Å². The van der Waals surface area contributed by atoms with Gasteiger partial charge in [-0.15, -0.1) is 0 Å². The van der Waals surface area contributed by atoms with E-state index in [-0.39, 0.29) is 0 Å². The van der Waals surface area contributed by atoms with Gasteiger partial charge < -0.3 is 10.1 Å². The number of guanidine groups is 1. The molecule has 0 unspecified atom stereocenters. The van der Waals surface area contributed by atoms with Crippen LogP contribution < -0.4 is 16.6 Å². The molecule has 1 heterocycles. The molecule has 0 atom stereocenters. The van der Waals surface area contributed by atoms with Crippen molar-refractivity contribution in [2.45, 2.75) is 13.5 Å². The first-order valence-electron chi connectivity index (χ1n) is 5.41. The summed E-state index contributed by atoms with van der Waals surface area (Å²) >= 11 is 0. The predicted octanol–water partition coefficient (Wildman–Crippen LogP) is -0.0547. The molecule has 0 spiro atoms. The van der Waals surface area contributed by atoms with Gasteiger partial charge >= 0.3 is 0 Å². The highest BCUT2D eigenvalue weighted by Crippen LogP contribution is 2.00. The summed E-state index contributed by atoms with van der Waals surface area (Å²) in [5.41, 5.74) is 4.54. The molecule has 1 aromatic heterocycles. The van der Waals surface area contributed by atoms with E-state index in [1.54, 1.807) is 7.11 Å². The molecule has 0 radical (unpaired) electrons. The molecule has 0 aliphatic carbocycles. The molecule has 0 bridgehead atoms. The molecular weight excluding hydrogens is 218 g/mol. The molecule has 0 fully saturated rings. The second kappa shape index (κ2) is 7.59. The van der Waals surface area contributed by atoms with Crippen molar-refractivity contribution < 1.29 is 4.74 Å². The minimum absolute atomic E-state index is 0.535. The van der Waals surface area contributed by atoms with Gasteiger partial charge in [0.1, 0.15) is 0 Å². The zero-order valence-electron chi connectivity index (χ0n) is 10.2. The van der Waals surface area contributed by atoms with E-state index in [2.05, 4.69) is 20.7 Å². The number of methoxy groups -OCH3 is 1. The van der Waals surface area contributed by atoms with Crippen molar-refractivity contribution in [2.24, 2.45) is 10.8 Å². The van der Waals surface area contributed by atoms with Crippen LogP contribution in [0.1, 0.15) is 11.3 Å². The van der Waals surface area contributed by atoms with Gasteiger partial charge in [-0.1, -0.05) is 6.07 Å². The molecule has 6 nitrogen and oxygen atoms in total. The van der Waals surface area contributed by atoms with Gasteiger partial charge in [-0.2, -0.15) is 0 Å². The SMILES string of the molecule is COCCNC(=NCc1ccc(C)nc1)NN. The second-order valence-corrected chi connectivity index (χ2v) is 3.54. The standard InChI is InChI=1S/C11H19N5O/c1-9-3-4-10(7-14-9)8-15-11(16-12)13-5-6-17-2/h3-4,7H,5-6,8,12H2,1-2H3,(H2,13,15,16). The third kappa shape index (κ3) is 5.28. The molecule has 1 aromatic rings. The van der Waals surface area contributed by atoms with Crippen LogP contribution in [-0.2, 0) is 11.3 Å². The van der Waals surface area contributed by atoms with Crippen LogP contribution in [-0.4, -0.2) is 31.2 Å². The first-order chi connectivity index (χ1) is 8.26. The van der Waals surface area contributed by atoms with Crippen LogP contribution in [0.5, 0.6) is 0 Å². The fourth-order valence-corrected chi connectivity index (χ4v) is 1.19. The average Bonchev–Trinajstić information content (AvgIpc) is 2.35. The minimum atomic E-state index is 0.535. The number of aromatic nitrogens is 1. The Balaban J connectivity index is 2.46. The zero-order valence-corrected chi connectivity index (χ0v) is 10.2. The summed E-state index contributed by atoms with van der Waals surface area (Å²) in [5.74, 6) is 5.89. The van der Waals surface area contributed by atoms with Gasteiger partial charge in [-0.25, -0.2) is 10.8 Å². The lowest BCUT2D eigenvalue weighted by Crippen LogP contribution is -2.42. The zero-order chi connectivity index (χ0) is 12.5. The fraction of sp³-hybridized carbons (Fsp3) is 0.455. The number of rotatable bonds is 5. The maximum Gasteiger partial charge on any atom is 0.206 e. The van der Waals surface area contributed by atoms with Gasteiger partial charge in [0.05, 0.1) is 13.2 Å². The molecule has 0 aliphatic rings. The lowest BCUT2D eigenvalue weighted by atomic mass is 10.2. The van der Waals surface area contributed by atoms with E-state index in [1.165, 1.54) is 0 Å². The van der Waals surface area contributed by atoms with Crippen molar-refractivity contribution in [3.63, 3.8) is 0 Å². The van der Waals surface area contributed by atoms with E-state index in [4.69, 9.17) is 10.6 Å². The van der Waals surface area contributed by atoms with E-state index < -0.39 is 0 Å². The number of pyridine rings is 1. The predicted molar refractivity (Wildman–Crippen MR) is 67.3 cm³/mol. The monoisotopic (exact) mass is 237 g/mol. The van der Waals surface area contributed by atoms with Crippen LogP contribution in [0.2, 0.25) is 0 Å². The van der Waals surface area contributed by atoms with Crippen LogP contribution in [0.15, 0.2) is 23.3 Å². The lowest BCUT2D eigenvalue weighted by Gasteiger charge is -2.08. The van der Waals surface area contributed by atoms with Crippen molar-refractivity contribution in [3.8, 4) is 0 Å². The number of hydrogen-bond acceptors (Lipinski definition) is 4. The van der Waals surface area contributed by atoms with Gasteiger partial charge in [-0.3, -0.25) is 10.4 Å². The first-order valence-corrected chi connectivity index (χ1v) is 5.41. The molecule has 6 heteroatoms. The van der Waals surface area contributed by atoms with E-state index in [9.17, 15) is 0 Å². The van der Waals surface area contributed by atoms with Gasteiger partial charge in [-0.05, 0) is 18.6 Å². The van der Waals surface area contributed by atoms with Gasteiger partial charge in [0, 0.05) is 25.5 Å². The molecule has 94 valence electrons. The van der Waals surface area contributed by atoms with Crippen molar-refractivity contribution >= 4 is 5.96 Å². The Morgan fingerprint density at radius 2 is 2.35 bits per heavy atom. The Labute approximate surface area is 101 Å². The van der Waals surface area contributed by atoms with Crippen molar-refractivity contribution in [1.82, 2.24) is 15.7 Å². The maximum absolute atomic E-state index is 5.34. The third-order valence-electron chi connectivity index (χ3n) is 2.13. The number of hydrazine groups is 1. The van der Waals surface area contributed by atoms with Crippen LogP contribution in [0.3, 0.4) is 0 Å². The van der Waals surface area contributed by atoms with Gasteiger partial charge in [0.2, 0.25) is 5.96 Å². The summed E-state index contributed by atoms with van der Waals surface area (Å²) in [6.45, 7) is 3.75. The quantitative estimate of drug-likeness (QED) is 0.220. The van der Waals surface area contributed by atoms with Crippen molar-refractivity contribution in [2.75, 3.05) is 20.3 Å². The number of aliphatic imine (C=N–C) groups is 1. The number of hydrogen-bond donors (Lipinski definition) is 3. The third-order valence-corrected chi connectivity index (χ3v) is 2.13. The molecule has 0 aliphatic heterocycles. The number of ether oxygens (including phenoxy) is 1. The van der Waals surface area contributed by atoms with Gasteiger partial charge in [0.25, 0.3) is 0 Å². The number of aryl methyl sites for hydroxylation is 1. The molecule has 1 rings (SSSR count). The summed E-state index contributed by atoms with van der Waals surface area (Å²) in [7, 11) is 1.65. The number of nitrogens with two attached hydrogens (primary N) is 1.